The van der Waals surface area contributed by atoms with Crippen LogP contribution in [0.3, 0.4) is 0 Å². The number of hydrogen-bond acceptors (Lipinski definition) is 2. The van der Waals surface area contributed by atoms with Gasteiger partial charge in [0.1, 0.15) is 0 Å². The molecule has 3 nitrogen and oxygen atoms in total. The number of nitrogens with zero attached hydrogens (tertiary/aromatic N) is 1. The molecule has 2 rings (SSSR count). The Morgan fingerprint density at radius 2 is 2.20 bits per heavy atom. The third kappa shape index (κ3) is 3.83. The lowest BCUT2D eigenvalue weighted by molar-refractivity contribution is 0.0602. The summed E-state index contributed by atoms with van der Waals surface area (Å²) in [4.78, 5) is 14.8. The Labute approximate surface area is 129 Å². The first-order valence-corrected chi connectivity index (χ1v) is 8.14. The van der Waals surface area contributed by atoms with Crippen molar-refractivity contribution in [2.75, 3.05) is 20.1 Å². The van der Waals surface area contributed by atoms with Crippen molar-refractivity contribution in [3.8, 4) is 0 Å². The number of rotatable bonds is 4. The second-order valence-corrected chi connectivity index (χ2v) is 6.47. The number of halogens is 1. The molecule has 1 atom stereocenters. The zero-order chi connectivity index (χ0) is 14.5. The van der Waals surface area contributed by atoms with Crippen LogP contribution in [0.5, 0.6) is 0 Å². The maximum Gasteiger partial charge on any atom is 0.254 e. The van der Waals surface area contributed by atoms with Crippen molar-refractivity contribution < 1.29 is 4.79 Å². The Morgan fingerprint density at radius 3 is 2.90 bits per heavy atom. The Balaban J connectivity index is 2.16. The van der Waals surface area contributed by atoms with Gasteiger partial charge in [0.2, 0.25) is 0 Å². The summed E-state index contributed by atoms with van der Waals surface area (Å²) < 4.78 is 0.977. The van der Waals surface area contributed by atoms with Crippen LogP contribution < -0.4 is 5.32 Å². The summed E-state index contributed by atoms with van der Waals surface area (Å²) in [5.74, 6) is 0.176. The van der Waals surface area contributed by atoms with E-state index in [-0.39, 0.29) is 5.91 Å². The van der Waals surface area contributed by atoms with E-state index in [1.54, 1.807) is 0 Å². The van der Waals surface area contributed by atoms with Crippen molar-refractivity contribution in [1.29, 1.82) is 0 Å². The SMILES string of the molecule is CNCCC1CCCCN1C(=O)c1cc(C)cc(Br)c1. The van der Waals surface area contributed by atoms with E-state index in [9.17, 15) is 4.79 Å². The van der Waals surface area contributed by atoms with Gasteiger partial charge in [-0.05, 0) is 70.0 Å². The lowest BCUT2D eigenvalue weighted by Gasteiger charge is -2.36. The molecule has 0 saturated carbocycles. The quantitative estimate of drug-likeness (QED) is 0.912. The molecule has 4 heteroatoms. The van der Waals surface area contributed by atoms with Crippen LogP contribution in [-0.4, -0.2) is 37.0 Å². The molecule has 0 bridgehead atoms. The zero-order valence-corrected chi connectivity index (χ0v) is 13.9. The van der Waals surface area contributed by atoms with Crippen molar-refractivity contribution in [1.82, 2.24) is 10.2 Å². The molecular weight excluding hydrogens is 316 g/mol. The van der Waals surface area contributed by atoms with E-state index in [0.717, 1.165) is 48.0 Å². The van der Waals surface area contributed by atoms with Gasteiger partial charge in [0.25, 0.3) is 5.91 Å². The van der Waals surface area contributed by atoms with Gasteiger partial charge in [-0.15, -0.1) is 0 Å². The molecule has 1 aliphatic rings. The number of piperidine rings is 1. The van der Waals surface area contributed by atoms with Gasteiger partial charge in [0.15, 0.2) is 0 Å². The second-order valence-electron chi connectivity index (χ2n) is 5.56. The van der Waals surface area contributed by atoms with Gasteiger partial charge in [-0.3, -0.25) is 4.79 Å². The van der Waals surface area contributed by atoms with Crippen LogP contribution in [-0.2, 0) is 0 Å². The molecule has 1 unspecified atom stereocenters. The first kappa shape index (κ1) is 15.5. The van der Waals surface area contributed by atoms with Crippen molar-refractivity contribution in [2.45, 2.75) is 38.6 Å². The van der Waals surface area contributed by atoms with E-state index >= 15 is 0 Å². The topological polar surface area (TPSA) is 32.3 Å². The van der Waals surface area contributed by atoms with Gasteiger partial charge in [-0.2, -0.15) is 0 Å². The van der Waals surface area contributed by atoms with Gasteiger partial charge >= 0.3 is 0 Å². The molecule has 1 N–H and O–H groups in total. The van der Waals surface area contributed by atoms with Crippen LogP contribution in [0.15, 0.2) is 22.7 Å². The zero-order valence-electron chi connectivity index (χ0n) is 12.3. The van der Waals surface area contributed by atoms with Crippen LogP contribution in [0.4, 0.5) is 0 Å². The molecule has 1 saturated heterocycles. The van der Waals surface area contributed by atoms with Crippen LogP contribution in [0.25, 0.3) is 0 Å². The van der Waals surface area contributed by atoms with Gasteiger partial charge in [-0.25, -0.2) is 0 Å². The number of amides is 1. The summed E-state index contributed by atoms with van der Waals surface area (Å²) in [6.45, 7) is 3.88. The predicted octanol–water partition coefficient (Wildman–Crippen LogP) is 3.36. The number of aryl methyl sites for hydroxylation is 1. The average molecular weight is 339 g/mol. The fraction of sp³-hybridized carbons (Fsp3) is 0.562. The molecule has 1 aliphatic heterocycles. The lowest BCUT2D eigenvalue weighted by Crippen LogP contribution is -2.44. The minimum Gasteiger partial charge on any atom is -0.336 e. The largest absolute Gasteiger partial charge is 0.336 e. The van der Waals surface area contributed by atoms with Crippen LogP contribution in [0.1, 0.15) is 41.6 Å². The van der Waals surface area contributed by atoms with Gasteiger partial charge in [0.05, 0.1) is 0 Å². The first-order valence-electron chi connectivity index (χ1n) is 7.34. The summed E-state index contributed by atoms with van der Waals surface area (Å²) in [5.41, 5.74) is 1.92. The summed E-state index contributed by atoms with van der Waals surface area (Å²) >= 11 is 3.48. The number of hydrogen-bond donors (Lipinski definition) is 1. The van der Waals surface area contributed by atoms with E-state index in [2.05, 4.69) is 26.1 Å². The number of carbonyl (C=O) groups is 1. The summed E-state index contributed by atoms with van der Waals surface area (Å²) in [6.07, 6.45) is 4.51. The Bertz CT molecular complexity index is 455. The highest BCUT2D eigenvalue weighted by molar-refractivity contribution is 9.10. The number of nitrogens with one attached hydrogen (secondary N) is 1. The molecule has 1 fully saturated rings. The van der Waals surface area contributed by atoms with E-state index in [0.29, 0.717) is 6.04 Å². The average Bonchev–Trinajstić information content (AvgIpc) is 2.43. The first-order chi connectivity index (χ1) is 9.61. The van der Waals surface area contributed by atoms with Crippen molar-refractivity contribution >= 4 is 21.8 Å². The molecule has 20 heavy (non-hydrogen) atoms. The van der Waals surface area contributed by atoms with Crippen LogP contribution in [0, 0.1) is 6.92 Å². The van der Waals surface area contributed by atoms with E-state index in [4.69, 9.17) is 0 Å². The third-order valence-corrected chi connectivity index (χ3v) is 4.36. The lowest BCUT2D eigenvalue weighted by atomic mass is 9.98. The van der Waals surface area contributed by atoms with Crippen molar-refractivity contribution in [3.63, 3.8) is 0 Å². The molecule has 1 aromatic rings. The van der Waals surface area contributed by atoms with E-state index in [1.165, 1.54) is 6.42 Å². The molecule has 1 amide bonds. The molecule has 0 spiro atoms. The normalized spacial score (nSPS) is 19.1. The van der Waals surface area contributed by atoms with Gasteiger partial charge in [0, 0.05) is 22.6 Å². The summed E-state index contributed by atoms with van der Waals surface area (Å²) in [6, 6.07) is 6.32. The highest BCUT2D eigenvalue weighted by Crippen LogP contribution is 2.23. The molecule has 1 heterocycles. The molecule has 1 aromatic carbocycles. The third-order valence-electron chi connectivity index (χ3n) is 3.90. The highest BCUT2D eigenvalue weighted by atomic mass is 79.9. The minimum absolute atomic E-state index is 0.176. The fourth-order valence-electron chi connectivity index (χ4n) is 2.90. The standard InChI is InChI=1S/C16H23BrN2O/c1-12-9-13(11-14(17)10-12)16(20)19-8-4-3-5-15(19)6-7-18-2/h9-11,15,18H,3-8H2,1-2H3. The highest BCUT2D eigenvalue weighted by Gasteiger charge is 2.27. The molecular formula is C16H23BrN2O. The predicted molar refractivity (Wildman–Crippen MR) is 86.1 cm³/mol. The molecule has 0 aliphatic carbocycles. The van der Waals surface area contributed by atoms with Crippen LogP contribution in [0.2, 0.25) is 0 Å². The van der Waals surface area contributed by atoms with Gasteiger partial charge < -0.3 is 10.2 Å². The maximum atomic E-state index is 12.8. The number of carbonyl (C=O) groups excluding carboxylic acids is 1. The Hall–Kier alpha value is -0.870. The second kappa shape index (κ2) is 7.23. The fourth-order valence-corrected chi connectivity index (χ4v) is 3.51. The Kier molecular flexibility index (Phi) is 5.61. The molecule has 110 valence electrons. The Morgan fingerprint density at radius 1 is 1.40 bits per heavy atom. The van der Waals surface area contributed by atoms with E-state index in [1.807, 2.05) is 32.2 Å². The monoisotopic (exact) mass is 338 g/mol. The van der Waals surface area contributed by atoms with E-state index < -0.39 is 0 Å². The van der Waals surface area contributed by atoms with Crippen molar-refractivity contribution in [3.05, 3.63) is 33.8 Å². The number of likely N-dealkylation sites (tertiary alicyclic amines) is 1. The summed E-state index contributed by atoms with van der Waals surface area (Å²) in [7, 11) is 1.96. The maximum absolute atomic E-state index is 12.8. The number of benzene rings is 1. The minimum atomic E-state index is 0.176. The smallest absolute Gasteiger partial charge is 0.254 e. The summed E-state index contributed by atoms with van der Waals surface area (Å²) in [5, 5.41) is 3.19. The molecule has 0 aromatic heterocycles. The molecule has 0 radical (unpaired) electrons. The van der Waals surface area contributed by atoms with Crippen LogP contribution >= 0.6 is 15.9 Å². The van der Waals surface area contributed by atoms with Gasteiger partial charge in [-0.1, -0.05) is 15.9 Å². The van der Waals surface area contributed by atoms with Crippen molar-refractivity contribution in [2.24, 2.45) is 0 Å².